The van der Waals surface area contributed by atoms with Gasteiger partial charge in [-0.15, -0.1) is 0 Å². The van der Waals surface area contributed by atoms with Gasteiger partial charge in [-0.25, -0.2) is 8.78 Å². The van der Waals surface area contributed by atoms with Crippen LogP contribution < -0.4 is 0 Å². The van der Waals surface area contributed by atoms with E-state index in [0.29, 0.717) is 10.0 Å². The van der Waals surface area contributed by atoms with E-state index in [1.165, 1.54) is 6.07 Å². The molecule has 0 fully saturated rings. The maximum absolute atomic E-state index is 12.2. The molecular weight excluding hydrogens is 214 g/mol. The van der Waals surface area contributed by atoms with E-state index in [2.05, 4.69) is 15.9 Å². The molecule has 11 heavy (non-hydrogen) atoms. The molecule has 0 N–H and O–H groups in total. The van der Waals surface area contributed by atoms with Crippen molar-refractivity contribution in [1.29, 1.82) is 0 Å². The Morgan fingerprint density at radius 1 is 1.36 bits per heavy atom. The van der Waals surface area contributed by atoms with E-state index < -0.39 is 6.43 Å². The molecule has 0 heterocycles. The van der Waals surface area contributed by atoms with Crippen LogP contribution in [0.25, 0.3) is 0 Å². The van der Waals surface area contributed by atoms with Gasteiger partial charge in [0.15, 0.2) is 0 Å². The molecule has 3 heteroatoms. The molecule has 1 rings (SSSR count). The molecule has 0 aliphatic heterocycles. The molecule has 0 atom stereocenters. The normalized spacial score (nSPS) is 10.6. The summed E-state index contributed by atoms with van der Waals surface area (Å²) in [6, 6.07) is 4.87. The van der Waals surface area contributed by atoms with Crippen molar-refractivity contribution in [2.24, 2.45) is 0 Å². The lowest BCUT2D eigenvalue weighted by molar-refractivity contribution is 0.150. The third-order valence-corrected chi connectivity index (χ3v) is 1.97. The van der Waals surface area contributed by atoms with Crippen molar-refractivity contribution in [1.82, 2.24) is 0 Å². The van der Waals surface area contributed by atoms with Crippen LogP contribution in [-0.4, -0.2) is 0 Å². The number of rotatable bonds is 1. The number of hydrogen-bond acceptors (Lipinski definition) is 0. The highest BCUT2D eigenvalue weighted by atomic mass is 79.9. The highest BCUT2D eigenvalue weighted by Gasteiger charge is 2.09. The molecule has 0 nitrogen and oxygen atoms in total. The second-order valence-corrected chi connectivity index (χ2v) is 3.22. The van der Waals surface area contributed by atoms with Crippen LogP contribution in [-0.2, 0) is 0 Å². The van der Waals surface area contributed by atoms with Crippen LogP contribution in [0.15, 0.2) is 22.7 Å². The maximum atomic E-state index is 12.2. The van der Waals surface area contributed by atoms with E-state index in [9.17, 15) is 8.78 Å². The van der Waals surface area contributed by atoms with Gasteiger partial charge in [0.25, 0.3) is 6.43 Å². The molecule has 0 aliphatic rings. The van der Waals surface area contributed by atoms with Gasteiger partial charge < -0.3 is 0 Å². The SMILES string of the molecule is Cc1ccc(Br)cc1C(F)F. The average molecular weight is 221 g/mol. The Balaban J connectivity index is 3.13. The standard InChI is InChI=1S/C8H7BrF2/c1-5-2-3-6(9)4-7(5)8(10)11/h2-4,8H,1H3. The summed E-state index contributed by atoms with van der Waals surface area (Å²) < 4.78 is 25.1. The predicted molar refractivity (Wildman–Crippen MR) is 43.8 cm³/mol. The molecule has 0 amide bonds. The Morgan fingerprint density at radius 2 is 2.00 bits per heavy atom. The highest BCUT2D eigenvalue weighted by Crippen LogP contribution is 2.25. The summed E-state index contributed by atoms with van der Waals surface area (Å²) in [7, 11) is 0. The first-order valence-electron chi connectivity index (χ1n) is 3.15. The molecule has 0 spiro atoms. The van der Waals surface area contributed by atoms with E-state index in [0.717, 1.165) is 0 Å². The fraction of sp³-hybridized carbons (Fsp3) is 0.250. The van der Waals surface area contributed by atoms with E-state index in [1.54, 1.807) is 19.1 Å². The van der Waals surface area contributed by atoms with E-state index in [1.807, 2.05) is 0 Å². The highest BCUT2D eigenvalue weighted by molar-refractivity contribution is 9.10. The van der Waals surface area contributed by atoms with Gasteiger partial charge in [-0.1, -0.05) is 22.0 Å². The molecule has 0 radical (unpaired) electrons. The van der Waals surface area contributed by atoms with Crippen LogP contribution in [0.1, 0.15) is 17.6 Å². The minimum atomic E-state index is -2.38. The molecule has 0 unspecified atom stereocenters. The second-order valence-electron chi connectivity index (χ2n) is 2.30. The molecule has 1 aromatic carbocycles. The van der Waals surface area contributed by atoms with Crippen LogP contribution in [0.5, 0.6) is 0 Å². The molecule has 1 aromatic rings. The summed E-state index contributed by atoms with van der Waals surface area (Å²) in [5.41, 5.74) is 0.725. The summed E-state index contributed by atoms with van der Waals surface area (Å²) in [6.07, 6.45) is -2.38. The van der Waals surface area contributed by atoms with Gasteiger partial charge in [0.1, 0.15) is 0 Å². The molecule has 0 saturated carbocycles. The fourth-order valence-corrected chi connectivity index (χ4v) is 1.23. The van der Waals surface area contributed by atoms with Crippen molar-refractivity contribution < 1.29 is 8.78 Å². The van der Waals surface area contributed by atoms with E-state index >= 15 is 0 Å². The van der Waals surface area contributed by atoms with Gasteiger partial charge in [-0.05, 0) is 24.6 Å². The number of aryl methyl sites for hydroxylation is 1. The number of halogens is 3. The van der Waals surface area contributed by atoms with E-state index in [-0.39, 0.29) is 5.56 Å². The Hall–Kier alpha value is -0.440. The first kappa shape index (κ1) is 8.65. The minimum absolute atomic E-state index is 0.0966. The Kier molecular flexibility index (Phi) is 2.60. The predicted octanol–water partition coefficient (Wildman–Crippen LogP) is 3.70. The molecule has 0 aliphatic carbocycles. The molecule has 0 bridgehead atoms. The lowest BCUT2D eigenvalue weighted by Crippen LogP contribution is -1.88. The second kappa shape index (κ2) is 3.30. The van der Waals surface area contributed by atoms with E-state index in [4.69, 9.17) is 0 Å². The van der Waals surface area contributed by atoms with Crippen molar-refractivity contribution >= 4 is 15.9 Å². The topological polar surface area (TPSA) is 0 Å². The van der Waals surface area contributed by atoms with Crippen LogP contribution >= 0.6 is 15.9 Å². The van der Waals surface area contributed by atoms with Crippen LogP contribution in [0.4, 0.5) is 8.78 Å². The van der Waals surface area contributed by atoms with Crippen LogP contribution in [0, 0.1) is 6.92 Å². The Bertz CT molecular complexity index is 258. The smallest absolute Gasteiger partial charge is 0.205 e. The summed E-state index contributed by atoms with van der Waals surface area (Å²) in [5, 5.41) is 0. The first-order valence-corrected chi connectivity index (χ1v) is 3.95. The van der Waals surface area contributed by atoms with Crippen molar-refractivity contribution in [3.8, 4) is 0 Å². The van der Waals surface area contributed by atoms with Gasteiger partial charge in [-0.3, -0.25) is 0 Å². The zero-order valence-electron chi connectivity index (χ0n) is 5.94. The van der Waals surface area contributed by atoms with Crippen molar-refractivity contribution in [3.05, 3.63) is 33.8 Å². The van der Waals surface area contributed by atoms with Gasteiger partial charge in [-0.2, -0.15) is 0 Å². The summed E-state index contributed by atoms with van der Waals surface area (Å²) in [4.78, 5) is 0. The van der Waals surface area contributed by atoms with Crippen molar-refractivity contribution in [2.45, 2.75) is 13.3 Å². The average Bonchev–Trinajstić information content (AvgIpc) is 1.94. The fourth-order valence-electron chi connectivity index (χ4n) is 0.846. The zero-order chi connectivity index (χ0) is 8.43. The number of hydrogen-bond donors (Lipinski definition) is 0. The zero-order valence-corrected chi connectivity index (χ0v) is 7.53. The summed E-state index contributed by atoms with van der Waals surface area (Å²) in [5.74, 6) is 0. The van der Waals surface area contributed by atoms with Gasteiger partial charge in [0.2, 0.25) is 0 Å². The molecular formula is C8H7BrF2. The summed E-state index contributed by atoms with van der Waals surface area (Å²) in [6.45, 7) is 1.67. The lowest BCUT2D eigenvalue weighted by Gasteiger charge is -2.03. The van der Waals surface area contributed by atoms with Gasteiger partial charge >= 0.3 is 0 Å². The first-order chi connectivity index (χ1) is 5.11. The quantitative estimate of drug-likeness (QED) is 0.678. The van der Waals surface area contributed by atoms with Crippen molar-refractivity contribution in [2.75, 3.05) is 0 Å². The Labute approximate surface area is 72.4 Å². The monoisotopic (exact) mass is 220 g/mol. The molecule has 0 saturated heterocycles. The lowest BCUT2D eigenvalue weighted by atomic mass is 10.1. The van der Waals surface area contributed by atoms with Crippen LogP contribution in [0.3, 0.4) is 0 Å². The maximum Gasteiger partial charge on any atom is 0.264 e. The molecule has 60 valence electrons. The number of alkyl halides is 2. The van der Waals surface area contributed by atoms with Crippen LogP contribution in [0.2, 0.25) is 0 Å². The van der Waals surface area contributed by atoms with Gasteiger partial charge in [0.05, 0.1) is 0 Å². The third-order valence-electron chi connectivity index (χ3n) is 1.48. The Morgan fingerprint density at radius 3 is 2.45 bits per heavy atom. The minimum Gasteiger partial charge on any atom is -0.205 e. The largest absolute Gasteiger partial charge is 0.264 e. The molecule has 0 aromatic heterocycles. The third kappa shape index (κ3) is 1.99. The summed E-state index contributed by atoms with van der Waals surface area (Å²) >= 11 is 3.13. The van der Waals surface area contributed by atoms with Crippen molar-refractivity contribution in [3.63, 3.8) is 0 Å². The number of benzene rings is 1. The van der Waals surface area contributed by atoms with Gasteiger partial charge in [0, 0.05) is 10.0 Å².